The fraction of sp³-hybridized carbons (Fsp3) is 0.500. The van der Waals surface area contributed by atoms with Crippen molar-refractivity contribution in [2.24, 2.45) is 0 Å². The van der Waals surface area contributed by atoms with Crippen LogP contribution >= 0.6 is 0 Å². The number of nitro benzene ring substituents is 1. The summed E-state index contributed by atoms with van der Waals surface area (Å²) >= 11 is 0. The highest BCUT2D eigenvalue weighted by atomic mass is 16.6. The van der Waals surface area contributed by atoms with Crippen LogP contribution in [-0.2, 0) is 4.74 Å². The summed E-state index contributed by atoms with van der Waals surface area (Å²) in [5, 5.41) is 19.8. The summed E-state index contributed by atoms with van der Waals surface area (Å²) in [6.07, 6.45) is 1.65. The van der Waals surface area contributed by atoms with E-state index in [0.29, 0.717) is 0 Å². The van der Waals surface area contributed by atoms with Gasteiger partial charge in [0, 0.05) is 12.1 Å². The van der Waals surface area contributed by atoms with Crippen molar-refractivity contribution in [1.82, 2.24) is 0 Å². The van der Waals surface area contributed by atoms with Gasteiger partial charge in [-0.3, -0.25) is 10.1 Å². The minimum Gasteiger partial charge on any atom is -0.490 e. The van der Waals surface area contributed by atoms with Gasteiger partial charge < -0.3 is 14.6 Å². The molecule has 0 aliphatic carbocycles. The van der Waals surface area contributed by atoms with Crippen LogP contribution in [0.15, 0.2) is 18.2 Å². The van der Waals surface area contributed by atoms with Gasteiger partial charge in [0.15, 0.2) is 0 Å². The predicted octanol–water partition coefficient (Wildman–Crippen LogP) is 2.63. The molecule has 7 nitrogen and oxygen atoms in total. The van der Waals surface area contributed by atoms with Gasteiger partial charge >= 0.3 is 5.97 Å². The fourth-order valence-electron chi connectivity index (χ4n) is 2.30. The first-order chi connectivity index (χ1) is 9.78. The lowest BCUT2D eigenvalue weighted by atomic mass is 10.1. The van der Waals surface area contributed by atoms with Crippen LogP contribution in [0.4, 0.5) is 5.69 Å². The van der Waals surface area contributed by atoms with Crippen LogP contribution in [0.25, 0.3) is 0 Å². The van der Waals surface area contributed by atoms with E-state index < -0.39 is 10.9 Å². The molecule has 7 heteroatoms. The molecule has 1 aliphatic rings. The highest BCUT2D eigenvalue weighted by Gasteiger charge is 2.32. The maximum absolute atomic E-state index is 11.2. The van der Waals surface area contributed by atoms with Crippen molar-refractivity contribution in [3.05, 3.63) is 33.9 Å². The molecule has 114 valence electrons. The Morgan fingerprint density at radius 2 is 2.29 bits per heavy atom. The van der Waals surface area contributed by atoms with E-state index in [2.05, 4.69) is 0 Å². The molecule has 1 aromatic rings. The molecule has 1 fully saturated rings. The molecular formula is C14H17NO6. The average molecular weight is 295 g/mol. The number of carboxylic acids is 1. The molecule has 0 spiro atoms. The van der Waals surface area contributed by atoms with Crippen LogP contribution in [0, 0.1) is 10.1 Å². The van der Waals surface area contributed by atoms with Crippen LogP contribution in [0.2, 0.25) is 0 Å². The van der Waals surface area contributed by atoms with E-state index in [4.69, 9.17) is 14.6 Å². The Balaban J connectivity index is 2.09. The number of carbonyl (C=O) groups is 1. The SMILES string of the molecule is CC1(C)CCC(COc2ccc([N+](=O)[O-])cc2C(=O)O)O1. The number of nitro groups is 1. The number of hydrogen-bond acceptors (Lipinski definition) is 5. The maximum atomic E-state index is 11.2. The van der Waals surface area contributed by atoms with E-state index in [1.54, 1.807) is 0 Å². The molecule has 1 heterocycles. The summed E-state index contributed by atoms with van der Waals surface area (Å²) in [5.74, 6) is -1.15. The molecule has 0 bridgehead atoms. The quantitative estimate of drug-likeness (QED) is 0.662. The largest absolute Gasteiger partial charge is 0.490 e. The number of carboxylic acid groups (broad SMARTS) is 1. The molecule has 1 aliphatic heterocycles. The summed E-state index contributed by atoms with van der Waals surface area (Å²) in [4.78, 5) is 21.2. The van der Waals surface area contributed by atoms with Crippen molar-refractivity contribution >= 4 is 11.7 Å². The Morgan fingerprint density at radius 1 is 1.57 bits per heavy atom. The van der Waals surface area contributed by atoms with Crippen LogP contribution < -0.4 is 4.74 Å². The summed E-state index contributed by atoms with van der Waals surface area (Å²) < 4.78 is 11.2. The van der Waals surface area contributed by atoms with Crippen LogP contribution in [0.1, 0.15) is 37.0 Å². The predicted molar refractivity (Wildman–Crippen MR) is 73.7 cm³/mol. The van der Waals surface area contributed by atoms with Gasteiger partial charge in [-0.2, -0.15) is 0 Å². The first-order valence-electron chi connectivity index (χ1n) is 6.61. The third-order valence-corrected chi connectivity index (χ3v) is 3.38. The lowest BCUT2D eigenvalue weighted by Crippen LogP contribution is -2.24. The van der Waals surface area contributed by atoms with Gasteiger partial charge in [0.25, 0.3) is 5.69 Å². The Hall–Kier alpha value is -2.15. The van der Waals surface area contributed by atoms with Crippen molar-refractivity contribution in [1.29, 1.82) is 0 Å². The van der Waals surface area contributed by atoms with Crippen molar-refractivity contribution in [3.8, 4) is 5.75 Å². The van der Waals surface area contributed by atoms with Crippen LogP contribution in [-0.4, -0.2) is 34.3 Å². The van der Waals surface area contributed by atoms with Crippen molar-refractivity contribution in [3.63, 3.8) is 0 Å². The topological polar surface area (TPSA) is 98.9 Å². The normalized spacial score (nSPS) is 20.2. The first kappa shape index (κ1) is 15.2. The number of rotatable bonds is 5. The smallest absolute Gasteiger partial charge is 0.339 e. The third-order valence-electron chi connectivity index (χ3n) is 3.38. The number of aromatic carboxylic acids is 1. The molecule has 0 amide bonds. The second-order valence-electron chi connectivity index (χ2n) is 5.59. The van der Waals surface area contributed by atoms with Crippen molar-refractivity contribution in [2.45, 2.75) is 38.4 Å². The summed E-state index contributed by atoms with van der Waals surface area (Å²) in [6, 6.07) is 3.53. The van der Waals surface area contributed by atoms with Gasteiger partial charge in [0.1, 0.15) is 17.9 Å². The van der Waals surface area contributed by atoms with Gasteiger partial charge in [0.05, 0.1) is 16.6 Å². The Kier molecular flexibility index (Phi) is 4.13. The van der Waals surface area contributed by atoms with E-state index >= 15 is 0 Å². The van der Waals surface area contributed by atoms with E-state index in [-0.39, 0.29) is 35.3 Å². The number of ether oxygens (including phenoxy) is 2. The van der Waals surface area contributed by atoms with Crippen LogP contribution in [0.5, 0.6) is 5.75 Å². The lowest BCUT2D eigenvalue weighted by molar-refractivity contribution is -0.384. The van der Waals surface area contributed by atoms with E-state index in [9.17, 15) is 14.9 Å². The second kappa shape index (κ2) is 5.69. The molecule has 0 radical (unpaired) electrons. The minimum absolute atomic E-state index is 0.100. The zero-order valence-corrected chi connectivity index (χ0v) is 11.9. The summed E-state index contributed by atoms with van der Waals surface area (Å²) in [5.41, 5.74) is -0.696. The minimum atomic E-state index is -1.26. The maximum Gasteiger partial charge on any atom is 0.339 e. The zero-order valence-electron chi connectivity index (χ0n) is 11.9. The number of non-ortho nitro benzene ring substituents is 1. The molecular weight excluding hydrogens is 278 g/mol. The standard InChI is InChI=1S/C14H17NO6/c1-14(2)6-5-10(21-14)8-20-12-4-3-9(15(18)19)7-11(12)13(16)17/h3-4,7,10H,5-6,8H2,1-2H3,(H,16,17). The molecule has 0 saturated carbocycles. The highest BCUT2D eigenvalue weighted by Crippen LogP contribution is 2.30. The lowest BCUT2D eigenvalue weighted by Gasteiger charge is -2.19. The van der Waals surface area contributed by atoms with Crippen LogP contribution in [0.3, 0.4) is 0 Å². The van der Waals surface area contributed by atoms with Crippen molar-refractivity contribution in [2.75, 3.05) is 6.61 Å². The first-order valence-corrected chi connectivity index (χ1v) is 6.61. The summed E-state index contributed by atoms with van der Waals surface area (Å²) in [6.45, 7) is 4.20. The van der Waals surface area contributed by atoms with Gasteiger partial charge in [-0.1, -0.05) is 0 Å². The molecule has 1 aromatic carbocycles. The van der Waals surface area contributed by atoms with Gasteiger partial charge in [-0.05, 0) is 32.8 Å². The molecule has 1 N–H and O–H groups in total. The number of nitrogens with zero attached hydrogens (tertiary/aromatic N) is 1. The molecule has 2 rings (SSSR count). The molecule has 1 unspecified atom stereocenters. The summed E-state index contributed by atoms with van der Waals surface area (Å²) in [7, 11) is 0. The van der Waals surface area contributed by atoms with E-state index in [1.165, 1.54) is 12.1 Å². The molecule has 1 atom stereocenters. The molecule has 21 heavy (non-hydrogen) atoms. The Labute approximate surface area is 121 Å². The second-order valence-corrected chi connectivity index (χ2v) is 5.59. The van der Waals surface area contributed by atoms with Gasteiger partial charge in [-0.15, -0.1) is 0 Å². The Morgan fingerprint density at radius 3 is 2.81 bits per heavy atom. The van der Waals surface area contributed by atoms with Crippen molar-refractivity contribution < 1.29 is 24.3 Å². The van der Waals surface area contributed by atoms with E-state index in [0.717, 1.165) is 18.9 Å². The average Bonchev–Trinajstić information content (AvgIpc) is 2.75. The third kappa shape index (κ3) is 3.69. The highest BCUT2D eigenvalue weighted by molar-refractivity contribution is 5.91. The van der Waals surface area contributed by atoms with E-state index in [1.807, 2.05) is 13.8 Å². The van der Waals surface area contributed by atoms with Gasteiger partial charge in [-0.25, -0.2) is 4.79 Å². The molecule has 0 aromatic heterocycles. The molecule has 1 saturated heterocycles. The Bertz CT molecular complexity index is 569. The zero-order chi connectivity index (χ0) is 15.6. The monoisotopic (exact) mass is 295 g/mol. The number of hydrogen-bond donors (Lipinski definition) is 1. The number of benzene rings is 1. The van der Waals surface area contributed by atoms with Gasteiger partial charge in [0.2, 0.25) is 0 Å². The fourth-order valence-corrected chi connectivity index (χ4v) is 2.30.